The van der Waals surface area contributed by atoms with Crippen LogP contribution in [0.5, 0.6) is 11.5 Å². The van der Waals surface area contributed by atoms with E-state index >= 15 is 0 Å². The van der Waals surface area contributed by atoms with Crippen molar-refractivity contribution in [1.29, 1.82) is 0 Å². The third-order valence-electron chi connectivity index (χ3n) is 4.98. The first-order chi connectivity index (χ1) is 16.0. The Morgan fingerprint density at radius 2 is 1.70 bits per heavy atom. The molecule has 0 saturated heterocycles. The molecule has 33 heavy (non-hydrogen) atoms. The summed E-state index contributed by atoms with van der Waals surface area (Å²) in [6, 6.07) is 14.2. The lowest BCUT2D eigenvalue weighted by atomic mass is 10.2. The second-order valence-corrected chi connectivity index (χ2v) is 10.4. The van der Waals surface area contributed by atoms with Crippen LogP contribution in [0.15, 0.2) is 58.6 Å². The molecule has 0 aliphatic rings. The van der Waals surface area contributed by atoms with E-state index in [1.165, 1.54) is 11.8 Å². The Morgan fingerprint density at radius 1 is 0.939 bits per heavy atom. The van der Waals surface area contributed by atoms with Gasteiger partial charge in [-0.25, -0.2) is 8.42 Å². The van der Waals surface area contributed by atoms with Crippen LogP contribution < -0.4 is 9.47 Å². The molecule has 1 heterocycles. The molecule has 0 aliphatic heterocycles. The second-order valence-electron chi connectivity index (χ2n) is 7.21. The molecule has 0 atom stereocenters. The average Bonchev–Trinajstić information content (AvgIpc) is 3.24. The zero-order valence-corrected chi connectivity index (χ0v) is 20.7. The zero-order chi connectivity index (χ0) is 23.7. The number of rotatable bonds is 13. The summed E-state index contributed by atoms with van der Waals surface area (Å²) >= 11 is 1.50. The van der Waals surface area contributed by atoms with Crippen molar-refractivity contribution >= 4 is 21.6 Å². The summed E-state index contributed by atoms with van der Waals surface area (Å²) in [5.74, 6) is 2.67. The van der Waals surface area contributed by atoms with Crippen LogP contribution >= 0.6 is 11.8 Å². The second kappa shape index (κ2) is 12.1. The topological polar surface area (TPSA) is 92.5 Å². The van der Waals surface area contributed by atoms with Gasteiger partial charge in [-0.2, -0.15) is 0 Å². The molecule has 8 nitrogen and oxygen atoms in total. The fraction of sp³-hybridized carbons (Fsp3) is 0.391. The first kappa shape index (κ1) is 25.1. The third-order valence-corrected chi connectivity index (χ3v) is 7.85. The average molecular weight is 492 g/mol. The van der Waals surface area contributed by atoms with E-state index in [9.17, 15) is 8.42 Å². The molecule has 0 amide bonds. The Morgan fingerprint density at radius 3 is 2.39 bits per heavy atom. The maximum absolute atomic E-state index is 12.5. The highest BCUT2D eigenvalue weighted by Gasteiger charge is 2.18. The standard InChI is InChI=1S/C23H29N3O5S2/c1-29-14-7-13-26-22(18-11-12-20(30-2)21(17-18)31-3)24-25-23(26)32-15-8-16-33(27,28)19-9-5-4-6-10-19/h4-6,9-12,17H,7-8,13-16H2,1-3H3. The molecule has 3 aromatic rings. The van der Waals surface area contributed by atoms with Gasteiger partial charge in [0.1, 0.15) is 0 Å². The first-order valence-corrected chi connectivity index (χ1v) is 13.2. The van der Waals surface area contributed by atoms with E-state index in [1.807, 2.05) is 22.8 Å². The van der Waals surface area contributed by atoms with Crippen LogP contribution in [-0.4, -0.2) is 62.6 Å². The van der Waals surface area contributed by atoms with Gasteiger partial charge in [-0.15, -0.1) is 10.2 Å². The number of thioether (sulfide) groups is 1. The van der Waals surface area contributed by atoms with Gasteiger partial charge < -0.3 is 18.8 Å². The van der Waals surface area contributed by atoms with E-state index in [2.05, 4.69) is 10.2 Å². The number of hydrogen-bond acceptors (Lipinski definition) is 8. The molecule has 0 fully saturated rings. The normalized spacial score (nSPS) is 11.5. The number of aromatic nitrogens is 3. The van der Waals surface area contributed by atoms with Gasteiger partial charge in [0.05, 0.1) is 24.9 Å². The van der Waals surface area contributed by atoms with Crippen molar-refractivity contribution < 1.29 is 22.6 Å². The van der Waals surface area contributed by atoms with Gasteiger partial charge in [0.25, 0.3) is 0 Å². The summed E-state index contributed by atoms with van der Waals surface area (Å²) in [5, 5.41) is 9.53. The van der Waals surface area contributed by atoms with Crippen molar-refractivity contribution in [1.82, 2.24) is 14.8 Å². The minimum absolute atomic E-state index is 0.0877. The summed E-state index contributed by atoms with van der Waals surface area (Å²) in [6.45, 7) is 1.29. The van der Waals surface area contributed by atoms with Crippen molar-refractivity contribution in [3.8, 4) is 22.9 Å². The van der Waals surface area contributed by atoms with E-state index in [4.69, 9.17) is 14.2 Å². The number of sulfone groups is 1. The Labute approximate surface area is 199 Å². The molecule has 2 aromatic carbocycles. The maximum Gasteiger partial charge on any atom is 0.191 e. The lowest BCUT2D eigenvalue weighted by Gasteiger charge is -2.12. The Hall–Kier alpha value is -2.56. The molecule has 10 heteroatoms. The van der Waals surface area contributed by atoms with Crippen molar-refractivity contribution in [2.24, 2.45) is 0 Å². The van der Waals surface area contributed by atoms with Crippen LogP contribution in [0.25, 0.3) is 11.4 Å². The van der Waals surface area contributed by atoms with E-state index in [0.717, 1.165) is 17.1 Å². The van der Waals surface area contributed by atoms with Gasteiger partial charge in [-0.1, -0.05) is 30.0 Å². The molecule has 178 valence electrons. The molecule has 0 bridgehead atoms. The highest BCUT2D eigenvalue weighted by molar-refractivity contribution is 7.99. The largest absolute Gasteiger partial charge is 0.493 e. The van der Waals surface area contributed by atoms with Gasteiger partial charge in [0.15, 0.2) is 32.3 Å². The fourth-order valence-electron chi connectivity index (χ4n) is 3.31. The summed E-state index contributed by atoms with van der Waals surface area (Å²) in [7, 11) is 1.57. The SMILES string of the molecule is COCCCn1c(SCCCS(=O)(=O)c2ccccc2)nnc1-c1ccc(OC)c(OC)c1. The molecule has 0 saturated carbocycles. The number of methoxy groups -OCH3 is 3. The molecule has 0 spiro atoms. The van der Waals surface area contributed by atoms with Gasteiger partial charge in [-0.05, 0) is 43.2 Å². The summed E-state index contributed by atoms with van der Waals surface area (Å²) in [5.41, 5.74) is 0.857. The van der Waals surface area contributed by atoms with E-state index in [-0.39, 0.29) is 5.75 Å². The third kappa shape index (κ3) is 6.49. The maximum atomic E-state index is 12.5. The Kier molecular flexibility index (Phi) is 9.16. The zero-order valence-electron chi connectivity index (χ0n) is 19.1. The van der Waals surface area contributed by atoms with Gasteiger partial charge in [0, 0.05) is 31.6 Å². The van der Waals surface area contributed by atoms with Crippen molar-refractivity contribution in [2.45, 2.75) is 29.4 Å². The smallest absolute Gasteiger partial charge is 0.191 e. The fourth-order valence-corrected chi connectivity index (χ4v) is 5.73. The van der Waals surface area contributed by atoms with Crippen LogP contribution in [0.2, 0.25) is 0 Å². The van der Waals surface area contributed by atoms with Crippen LogP contribution in [0.1, 0.15) is 12.8 Å². The predicted octanol–water partition coefficient (Wildman–Crippen LogP) is 3.95. The number of nitrogens with zero attached hydrogens (tertiary/aromatic N) is 3. The molecule has 0 aliphatic carbocycles. The summed E-state index contributed by atoms with van der Waals surface area (Å²) in [4.78, 5) is 0.355. The number of ether oxygens (including phenoxy) is 3. The van der Waals surface area contributed by atoms with E-state index in [0.29, 0.717) is 47.5 Å². The molecule has 0 N–H and O–H groups in total. The van der Waals surface area contributed by atoms with Crippen molar-refractivity contribution in [2.75, 3.05) is 39.4 Å². The summed E-state index contributed by atoms with van der Waals surface area (Å²) < 4.78 is 43.0. The Bertz CT molecular complexity index is 1130. The molecule has 0 radical (unpaired) electrons. The monoisotopic (exact) mass is 491 g/mol. The van der Waals surface area contributed by atoms with E-state index < -0.39 is 9.84 Å². The molecule has 1 aromatic heterocycles. The lowest BCUT2D eigenvalue weighted by Crippen LogP contribution is -2.08. The minimum atomic E-state index is -3.29. The molecule has 0 unspecified atom stereocenters. The Balaban J connectivity index is 1.73. The van der Waals surface area contributed by atoms with Crippen molar-refractivity contribution in [3.63, 3.8) is 0 Å². The van der Waals surface area contributed by atoms with Gasteiger partial charge in [0.2, 0.25) is 0 Å². The van der Waals surface area contributed by atoms with Crippen LogP contribution in [0.3, 0.4) is 0 Å². The first-order valence-electron chi connectivity index (χ1n) is 10.5. The summed E-state index contributed by atoms with van der Waals surface area (Å²) in [6.07, 6.45) is 1.31. The van der Waals surface area contributed by atoms with E-state index in [1.54, 1.807) is 51.7 Å². The highest BCUT2D eigenvalue weighted by atomic mass is 32.2. The number of benzene rings is 2. The van der Waals surface area contributed by atoms with Crippen LogP contribution in [0.4, 0.5) is 0 Å². The highest BCUT2D eigenvalue weighted by Crippen LogP contribution is 2.33. The molecular formula is C23H29N3O5S2. The number of hydrogen-bond donors (Lipinski definition) is 0. The lowest BCUT2D eigenvalue weighted by molar-refractivity contribution is 0.189. The minimum Gasteiger partial charge on any atom is -0.493 e. The van der Waals surface area contributed by atoms with Crippen molar-refractivity contribution in [3.05, 3.63) is 48.5 Å². The van der Waals surface area contributed by atoms with Crippen LogP contribution in [-0.2, 0) is 21.1 Å². The van der Waals surface area contributed by atoms with Crippen LogP contribution in [0, 0.1) is 0 Å². The molecular weight excluding hydrogens is 462 g/mol. The van der Waals surface area contributed by atoms with Gasteiger partial charge >= 0.3 is 0 Å². The van der Waals surface area contributed by atoms with Gasteiger partial charge in [-0.3, -0.25) is 0 Å². The molecule has 3 rings (SSSR count). The quantitative estimate of drug-likeness (QED) is 0.262. The predicted molar refractivity (Wildman–Crippen MR) is 129 cm³/mol.